The Hall–Kier alpha value is -0.900. The third kappa shape index (κ3) is 3.02. The number of aryl methyl sites for hydroxylation is 2. The number of nitrogens with zero attached hydrogens (tertiary/aromatic N) is 1. The maximum absolute atomic E-state index is 11.9. The first-order valence-electron chi connectivity index (χ1n) is 5.12. The highest BCUT2D eigenvalue weighted by Crippen LogP contribution is 2.18. The van der Waals surface area contributed by atoms with Crippen LogP contribution in [-0.2, 0) is 0 Å². The fourth-order valence-electron chi connectivity index (χ4n) is 1.19. The van der Waals surface area contributed by atoms with Crippen molar-refractivity contribution >= 4 is 17.2 Å². The first-order chi connectivity index (χ1) is 6.85. The van der Waals surface area contributed by atoms with Crippen LogP contribution in [-0.4, -0.2) is 16.4 Å². The second-order valence-corrected chi connectivity index (χ2v) is 5.54. The van der Waals surface area contributed by atoms with Crippen LogP contribution in [0.4, 0.5) is 0 Å². The number of carbonyl (C=O) groups is 1. The lowest BCUT2D eigenvalue weighted by Gasteiger charge is -2.24. The SMILES string of the molecule is CCC(C)(C)NC(=O)c1sc(C)nc1C. The zero-order valence-corrected chi connectivity index (χ0v) is 10.8. The third-order valence-electron chi connectivity index (χ3n) is 2.45. The van der Waals surface area contributed by atoms with Crippen LogP contribution in [0, 0.1) is 13.8 Å². The lowest BCUT2D eigenvalue weighted by molar-refractivity contribution is 0.0914. The fraction of sp³-hybridized carbons (Fsp3) is 0.636. The van der Waals surface area contributed by atoms with Crippen molar-refractivity contribution in [1.82, 2.24) is 10.3 Å². The molecule has 1 heterocycles. The van der Waals surface area contributed by atoms with Gasteiger partial charge in [-0.2, -0.15) is 0 Å². The molecule has 1 aromatic rings. The van der Waals surface area contributed by atoms with E-state index < -0.39 is 0 Å². The van der Waals surface area contributed by atoms with Crippen molar-refractivity contribution in [2.24, 2.45) is 0 Å². The summed E-state index contributed by atoms with van der Waals surface area (Å²) in [6.45, 7) is 9.89. The van der Waals surface area contributed by atoms with E-state index in [1.165, 1.54) is 11.3 Å². The molecular weight excluding hydrogens is 208 g/mol. The summed E-state index contributed by atoms with van der Waals surface area (Å²) >= 11 is 1.45. The highest BCUT2D eigenvalue weighted by molar-refractivity contribution is 7.13. The number of hydrogen-bond acceptors (Lipinski definition) is 3. The zero-order valence-electron chi connectivity index (χ0n) is 9.97. The molecule has 15 heavy (non-hydrogen) atoms. The van der Waals surface area contributed by atoms with E-state index in [2.05, 4.69) is 17.2 Å². The molecule has 0 aliphatic heterocycles. The van der Waals surface area contributed by atoms with Gasteiger partial charge in [0.25, 0.3) is 5.91 Å². The van der Waals surface area contributed by atoms with Gasteiger partial charge < -0.3 is 5.32 Å². The Labute approximate surface area is 94.9 Å². The van der Waals surface area contributed by atoms with Gasteiger partial charge in [0.15, 0.2) is 0 Å². The van der Waals surface area contributed by atoms with Gasteiger partial charge >= 0.3 is 0 Å². The van der Waals surface area contributed by atoms with E-state index in [0.717, 1.165) is 22.0 Å². The van der Waals surface area contributed by atoms with Crippen LogP contribution in [0.3, 0.4) is 0 Å². The van der Waals surface area contributed by atoms with Crippen LogP contribution < -0.4 is 5.32 Å². The van der Waals surface area contributed by atoms with Crippen molar-refractivity contribution in [3.63, 3.8) is 0 Å². The number of hydrogen-bond donors (Lipinski definition) is 1. The highest BCUT2D eigenvalue weighted by atomic mass is 32.1. The summed E-state index contributed by atoms with van der Waals surface area (Å²) in [5.41, 5.74) is 0.670. The Morgan fingerprint density at radius 3 is 2.47 bits per heavy atom. The van der Waals surface area contributed by atoms with E-state index in [1.807, 2.05) is 27.7 Å². The topological polar surface area (TPSA) is 42.0 Å². The molecule has 0 unspecified atom stereocenters. The molecule has 4 heteroatoms. The molecule has 1 N–H and O–H groups in total. The van der Waals surface area contributed by atoms with Gasteiger partial charge in [0, 0.05) is 5.54 Å². The summed E-state index contributed by atoms with van der Waals surface area (Å²) < 4.78 is 0. The number of carbonyl (C=O) groups excluding carboxylic acids is 1. The fourth-order valence-corrected chi connectivity index (χ4v) is 2.01. The molecule has 0 spiro atoms. The molecule has 3 nitrogen and oxygen atoms in total. The summed E-state index contributed by atoms with van der Waals surface area (Å²) in [7, 11) is 0. The standard InChI is InChI=1S/C11H18N2OS/c1-6-11(4,5)13-10(14)9-7(2)12-8(3)15-9/h6H2,1-5H3,(H,13,14). The summed E-state index contributed by atoms with van der Waals surface area (Å²) in [6, 6.07) is 0. The quantitative estimate of drug-likeness (QED) is 0.861. The molecule has 1 rings (SSSR count). The van der Waals surface area contributed by atoms with E-state index in [9.17, 15) is 4.79 Å². The van der Waals surface area contributed by atoms with Gasteiger partial charge in [-0.25, -0.2) is 4.98 Å². The number of aromatic nitrogens is 1. The average molecular weight is 226 g/mol. The first-order valence-corrected chi connectivity index (χ1v) is 5.94. The molecule has 0 atom stereocenters. The summed E-state index contributed by atoms with van der Waals surface area (Å²) in [6.07, 6.45) is 0.912. The summed E-state index contributed by atoms with van der Waals surface area (Å²) in [4.78, 5) is 16.9. The Balaban J connectivity index is 2.82. The molecule has 0 aliphatic rings. The molecule has 1 amide bonds. The summed E-state index contributed by atoms with van der Waals surface area (Å²) in [5, 5.41) is 3.94. The van der Waals surface area contributed by atoms with Gasteiger partial charge in [-0.3, -0.25) is 4.79 Å². The van der Waals surface area contributed by atoms with E-state index >= 15 is 0 Å². The van der Waals surface area contributed by atoms with Crippen molar-refractivity contribution < 1.29 is 4.79 Å². The molecule has 0 aromatic carbocycles. The van der Waals surface area contributed by atoms with Crippen molar-refractivity contribution in [2.45, 2.75) is 46.6 Å². The Kier molecular flexibility index (Phi) is 3.50. The highest BCUT2D eigenvalue weighted by Gasteiger charge is 2.21. The largest absolute Gasteiger partial charge is 0.346 e. The van der Waals surface area contributed by atoms with Gasteiger partial charge in [0.1, 0.15) is 4.88 Å². The van der Waals surface area contributed by atoms with Gasteiger partial charge in [0.05, 0.1) is 10.7 Å². The van der Waals surface area contributed by atoms with E-state index in [-0.39, 0.29) is 11.4 Å². The van der Waals surface area contributed by atoms with Crippen LogP contribution >= 0.6 is 11.3 Å². The van der Waals surface area contributed by atoms with Gasteiger partial charge in [-0.15, -0.1) is 11.3 Å². The predicted molar refractivity (Wildman–Crippen MR) is 63.4 cm³/mol. The van der Waals surface area contributed by atoms with Crippen molar-refractivity contribution in [3.05, 3.63) is 15.6 Å². The van der Waals surface area contributed by atoms with Gasteiger partial charge in [-0.1, -0.05) is 6.92 Å². The average Bonchev–Trinajstić information content (AvgIpc) is 2.45. The lowest BCUT2D eigenvalue weighted by Crippen LogP contribution is -2.42. The van der Waals surface area contributed by atoms with Crippen LogP contribution in [0.15, 0.2) is 0 Å². The van der Waals surface area contributed by atoms with Crippen molar-refractivity contribution in [3.8, 4) is 0 Å². The molecule has 0 aliphatic carbocycles. The first kappa shape index (κ1) is 12.2. The molecule has 84 valence electrons. The second-order valence-electron chi connectivity index (χ2n) is 4.34. The van der Waals surface area contributed by atoms with Gasteiger partial charge in [0.2, 0.25) is 0 Å². The molecule has 0 radical (unpaired) electrons. The van der Waals surface area contributed by atoms with Crippen LogP contribution in [0.1, 0.15) is 47.6 Å². The maximum Gasteiger partial charge on any atom is 0.263 e. The molecule has 0 saturated heterocycles. The predicted octanol–water partition coefficient (Wildman–Crippen LogP) is 2.68. The van der Waals surface area contributed by atoms with Crippen molar-refractivity contribution in [1.29, 1.82) is 0 Å². The van der Waals surface area contributed by atoms with Crippen molar-refractivity contribution in [2.75, 3.05) is 0 Å². The Morgan fingerprint density at radius 2 is 2.07 bits per heavy atom. The van der Waals surface area contributed by atoms with Gasteiger partial charge in [-0.05, 0) is 34.1 Å². The lowest BCUT2D eigenvalue weighted by atomic mass is 10.0. The maximum atomic E-state index is 11.9. The molecule has 0 bridgehead atoms. The minimum atomic E-state index is -0.151. The van der Waals surface area contributed by atoms with E-state index in [1.54, 1.807) is 0 Å². The number of thiazole rings is 1. The van der Waals surface area contributed by atoms with E-state index in [4.69, 9.17) is 0 Å². The van der Waals surface area contributed by atoms with Crippen LogP contribution in [0.2, 0.25) is 0 Å². The number of nitrogens with one attached hydrogen (secondary N) is 1. The monoisotopic (exact) mass is 226 g/mol. The smallest absolute Gasteiger partial charge is 0.263 e. The number of rotatable bonds is 3. The normalized spacial score (nSPS) is 11.5. The third-order valence-corrected chi connectivity index (χ3v) is 3.52. The Morgan fingerprint density at radius 1 is 1.47 bits per heavy atom. The molecular formula is C11H18N2OS. The second kappa shape index (κ2) is 4.31. The molecule has 1 aromatic heterocycles. The molecule has 0 saturated carbocycles. The van der Waals surface area contributed by atoms with E-state index in [0.29, 0.717) is 0 Å². The summed E-state index contributed by atoms with van der Waals surface area (Å²) in [5.74, 6) is -0.00931. The van der Waals surface area contributed by atoms with Crippen LogP contribution in [0.5, 0.6) is 0 Å². The van der Waals surface area contributed by atoms with Crippen LogP contribution in [0.25, 0.3) is 0 Å². The minimum Gasteiger partial charge on any atom is -0.346 e. The number of amides is 1. The molecule has 0 fully saturated rings. The Bertz CT molecular complexity index is 369. The minimum absolute atomic E-state index is 0.00931. The zero-order chi connectivity index (χ0) is 11.6.